The van der Waals surface area contributed by atoms with Crippen LogP contribution < -0.4 is 0 Å². The van der Waals surface area contributed by atoms with E-state index in [4.69, 9.17) is 0 Å². The highest BCUT2D eigenvalue weighted by Gasteiger charge is 2.62. The predicted octanol–water partition coefficient (Wildman–Crippen LogP) is 7.15. The molecule has 2 nitrogen and oxygen atoms in total. The average Bonchev–Trinajstić information content (AvgIpc) is 3.06. The number of fused-ring (bicyclic) bond motifs is 5. The van der Waals surface area contributed by atoms with Crippen molar-refractivity contribution >= 4 is 0 Å². The molecule has 33 heavy (non-hydrogen) atoms. The molecule has 7 unspecified atom stereocenters. The van der Waals surface area contributed by atoms with Gasteiger partial charge in [-0.15, -0.1) is 0 Å². The Morgan fingerprint density at radius 1 is 0.909 bits per heavy atom. The zero-order valence-corrected chi connectivity index (χ0v) is 21.2. The average molecular weight is 471 g/mol. The summed E-state index contributed by atoms with van der Waals surface area (Å²) < 4.78 is 39.6. The second-order valence-electron chi connectivity index (χ2n) is 13.3. The van der Waals surface area contributed by atoms with Crippen LogP contribution in [0.1, 0.15) is 92.4 Å². The number of alkyl halides is 3. The van der Waals surface area contributed by atoms with Crippen LogP contribution in [0.3, 0.4) is 0 Å². The van der Waals surface area contributed by atoms with Gasteiger partial charge >= 0.3 is 6.18 Å². The van der Waals surface area contributed by atoms with Crippen LogP contribution >= 0.6 is 0 Å². The number of aliphatic hydroxyl groups excluding tert-OH is 2. The lowest BCUT2D eigenvalue weighted by Gasteiger charge is -2.62. The third kappa shape index (κ3) is 4.21. The Labute approximate surface area is 198 Å². The maximum Gasteiger partial charge on any atom is 0.397 e. The highest BCUT2D eigenvalue weighted by Crippen LogP contribution is 2.68. The smallest absolute Gasteiger partial charge is 0.393 e. The third-order valence-corrected chi connectivity index (χ3v) is 11.2. The van der Waals surface area contributed by atoms with Gasteiger partial charge in [0.2, 0.25) is 0 Å². The lowest BCUT2D eigenvalue weighted by Crippen LogP contribution is -2.58. The molecule has 5 heteroatoms. The van der Waals surface area contributed by atoms with Crippen molar-refractivity contribution in [2.24, 2.45) is 51.8 Å². The zero-order valence-electron chi connectivity index (χ0n) is 21.2. The molecular weight excluding hydrogens is 425 g/mol. The van der Waals surface area contributed by atoms with Crippen LogP contribution in [0.5, 0.6) is 0 Å². The molecule has 0 aliphatic heterocycles. The summed E-state index contributed by atoms with van der Waals surface area (Å²) >= 11 is 0. The minimum absolute atomic E-state index is 0.124. The molecule has 4 aliphatic rings. The number of hydrogen-bond acceptors (Lipinski definition) is 2. The van der Waals surface area contributed by atoms with Gasteiger partial charge in [-0.2, -0.15) is 13.2 Å². The van der Waals surface area contributed by atoms with Crippen LogP contribution in [0.2, 0.25) is 0 Å². The fraction of sp³-hybridized carbons (Fsp3) is 0.929. The van der Waals surface area contributed by atoms with Gasteiger partial charge in [0.15, 0.2) is 0 Å². The molecule has 0 aromatic rings. The third-order valence-electron chi connectivity index (χ3n) is 11.2. The first-order valence-corrected chi connectivity index (χ1v) is 13.3. The van der Waals surface area contributed by atoms with Crippen molar-refractivity contribution in [2.75, 3.05) is 0 Å². The fourth-order valence-corrected chi connectivity index (χ4v) is 9.09. The lowest BCUT2D eigenvalue weighted by molar-refractivity contribution is -0.193. The van der Waals surface area contributed by atoms with Crippen molar-refractivity contribution in [3.63, 3.8) is 0 Å². The van der Waals surface area contributed by atoms with E-state index in [0.717, 1.165) is 32.1 Å². The first-order chi connectivity index (χ1) is 15.2. The first kappa shape index (κ1) is 25.5. The number of aliphatic hydroxyl groups is 2. The molecule has 4 fully saturated rings. The summed E-state index contributed by atoms with van der Waals surface area (Å²) in [6, 6.07) is 0. The van der Waals surface area contributed by atoms with Crippen LogP contribution in [0.25, 0.3) is 0 Å². The Hall–Kier alpha value is -0.550. The second kappa shape index (κ2) is 8.54. The van der Waals surface area contributed by atoms with Crippen LogP contribution in [0, 0.1) is 51.8 Å². The highest BCUT2D eigenvalue weighted by molar-refractivity contribution is 5.12. The summed E-state index contributed by atoms with van der Waals surface area (Å²) in [5.74, 6) is 2.85. The molecule has 2 N–H and O–H groups in total. The van der Waals surface area contributed by atoms with Gasteiger partial charge < -0.3 is 10.2 Å². The molecule has 0 heterocycles. The summed E-state index contributed by atoms with van der Waals surface area (Å²) in [5.41, 5.74) is -1.45. The Morgan fingerprint density at radius 2 is 1.55 bits per heavy atom. The van der Waals surface area contributed by atoms with Gasteiger partial charge in [0.05, 0.1) is 17.6 Å². The topological polar surface area (TPSA) is 40.5 Å². The standard InChI is InChI=1S/C28H45F3O2/c1-17(7-6-12-25(2,3)28(29,30)31)20-8-9-21-19-16-24(33)23-15-18(32)10-13-27(23,5)22(19)11-14-26(20,21)4/h6,12,17-24,32-33H,7-11,13-16H2,1-5H3/b12-6+/t17?,18-,19?,20?,21?,22?,23+,24+,26?,27?/m1/s1. The van der Waals surface area contributed by atoms with Crippen molar-refractivity contribution in [1.29, 1.82) is 0 Å². The molecule has 0 saturated heterocycles. The Bertz CT molecular complexity index is 746. The minimum Gasteiger partial charge on any atom is -0.393 e. The van der Waals surface area contributed by atoms with E-state index in [9.17, 15) is 23.4 Å². The minimum atomic E-state index is -4.22. The normalized spacial score (nSPS) is 47.2. The maximum absolute atomic E-state index is 13.2. The van der Waals surface area contributed by atoms with Gasteiger partial charge in [-0.05, 0) is 118 Å². The van der Waals surface area contributed by atoms with E-state index in [0.29, 0.717) is 36.0 Å². The van der Waals surface area contributed by atoms with E-state index in [-0.39, 0.29) is 29.0 Å². The molecule has 0 radical (unpaired) electrons. The van der Waals surface area contributed by atoms with Gasteiger partial charge in [-0.25, -0.2) is 0 Å². The monoisotopic (exact) mass is 470 g/mol. The fourth-order valence-electron chi connectivity index (χ4n) is 9.09. The summed E-state index contributed by atoms with van der Waals surface area (Å²) in [4.78, 5) is 0. The molecule has 0 amide bonds. The van der Waals surface area contributed by atoms with E-state index in [1.165, 1.54) is 39.2 Å². The number of halogens is 3. The first-order valence-electron chi connectivity index (χ1n) is 13.3. The number of hydrogen-bond donors (Lipinski definition) is 2. The summed E-state index contributed by atoms with van der Waals surface area (Å²) in [7, 11) is 0. The van der Waals surface area contributed by atoms with Gasteiger partial charge in [0, 0.05) is 0 Å². The van der Waals surface area contributed by atoms with Crippen molar-refractivity contribution < 1.29 is 23.4 Å². The molecule has 190 valence electrons. The molecule has 0 bridgehead atoms. The van der Waals surface area contributed by atoms with Crippen molar-refractivity contribution in [3.8, 4) is 0 Å². The van der Waals surface area contributed by atoms with Crippen LogP contribution in [-0.4, -0.2) is 28.6 Å². The SMILES string of the molecule is CC(C/C=C/C(C)(C)C(F)(F)F)C1CCC2C3C[C@H](O)[C@@H]4C[C@H](O)CCC4(C)C3CCC12C. The molecule has 0 aromatic carbocycles. The Morgan fingerprint density at radius 3 is 2.21 bits per heavy atom. The van der Waals surface area contributed by atoms with E-state index < -0.39 is 11.6 Å². The van der Waals surface area contributed by atoms with Gasteiger partial charge in [0.25, 0.3) is 0 Å². The lowest BCUT2D eigenvalue weighted by atomic mass is 9.44. The maximum atomic E-state index is 13.2. The molecule has 4 rings (SSSR count). The molecule has 0 aromatic heterocycles. The number of allylic oxidation sites excluding steroid dienone is 2. The summed E-state index contributed by atoms with van der Waals surface area (Å²) in [6.45, 7) is 9.54. The van der Waals surface area contributed by atoms with E-state index in [1.54, 1.807) is 6.08 Å². The van der Waals surface area contributed by atoms with Crippen LogP contribution in [-0.2, 0) is 0 Å². The van der Waals surface area contributed by atoms with E-state index in [2.05, 4.69) is 20.8 Å². The quantitative estimate of drug-likeness (QED) is 0.428. The summed E-state index contributed by atoms with van der Waals surface area (Å²) in [6.07, 6.45) is 7.17. The summed E-state index contributed by atoms with van der Waals surface area (Å²) in [5, 5.41) is 21.4. The number of rotatable bonds is 4. The van der Waals surface area contributed by atoms with Crippen molar-refractivity contribution in [3.05, 3.63) is 12.2 Å². The molecule has 4 aliphatic carbocycles. The van der Waals surface area contributed by atoms with Crippen molar-refractivity contribution in [2.45, 2.75) is 111 Å². The highest BCUT2D eigenvalue weighted by atomic mass is 19.4. The van der Waals surface area contributed by atoms with Crippen LogP contribution in [0.15, 0.2) is 12.2 Å². The van der Waals surface area contributed by atoms with Gasteiger partial charge in [-0.3, -0.25) is 0 Å². The van der Waals surface area contributed by atoms with E-state index >= 15 is 0 Å². The van der Waals surface area contributed by atoms with Crippen LogP contribution in [0.4, 0.5) is 13.2 Å². The largest absolute Gasteiger partial charge is 0.397 e. The molecular formula is C28H45F3O2. The predicted molar refractivity (Wildman–Crippen MR) is 125 cm³/mol. The van der Waals surface area contributed by atoms with Crippen molar-refractivity contribution in [1.82, 2.24) is 0 Å². The zero-order chi connectivity index (χ0) is 24.4. The van der Waals surface area contributed by atoms with Gasteiger partial charge in [0.1, 0.15) is 0 Å². The molecule has 0 spiro atoms. The van der Waals surface area contributed by atoms with Gasteiger partial charge in [-0.1, -0.05) is 32.9 Å². The van der Waals surface area contributed by atoms with E-state index in [1.807, 2.05) is 0 Å². The molecule has 4 saturated carbocycles. The Kier molecular flexibility index (Phi) is 6.61. The Balaban J connectivity index is 1.48. The molecule has 10 atom stereocenters. The second-order valence-corrected chi connectivity index (χ2v) is 13.3.